The summed E-state index contributed by atoms with van der Waals surface area (Å²) in [6.07, 6.45) is -1.44. The number of carbonyl (C=O) groups is 2. The first-order valence-electron chi connectivity index (χ1n) is 13.5. The van der Waals surface area contributed by atoms with Crippen LogP contribution in [0.4, 0.5) is 15.4 Å². The predicted molar refractivity (Wildman–Crippen MR) is 145 cm³/mol. The van der Waals surface area contributed by atoms with Gasteiger partial charge in [0, 0.05) is 14.1 Å². The SMILES string of the molecule is CN(C)/C=N\c1ncnn2c([C@]3(C#N)O[C@H](COC(=O)OC4CN(C(=O)OC(C)(C)C)C4)[C@H]4OC(C)(C)O[C@H]43)ccc12. The highest BCUT2D eigenvalue weighted by molar-refractivity contribution is 5.71. The third-order valence-electron chi connectivity index (χ3n) is 6.75. The molecule has 3 aliphatic rings. The molecule has 5 rings (SSSR count). The molecule has 3 aliphatic heterocycles. The van der Waals surface area contributed by atoms with E-state index in [1.807, 2.05) is 14.1 Å². The van der Waals surface area contributed by atoms with Gasteiger partial charge < -0.3 is 38.2 Å². The standard InChI is InChI=1S/C27H35N7O8/c1-25(2,3)42-23(35)33-10-16(11-33)38-24(36)37-12-18-20-21(41-26(4,5)40-20)27(13-28,39-18)19-9-8-17-22(30-15-32(6)7)29-14-31-34(17)19/h8-9,14-16,18,20-21H,10-12H2,1-7H3/b30-15-/t18-,20-,21-,27+/m1/s1. The molecule has 0 spiro atoms. The van der Waals surface area contributed by atoms with Crippen LogP contribution in [0.5, 0.6) is 0 Å². The van der Waals surface area contributed by atoms with Crippen LogP contribution >= 0.6 is 0 Å². The van der Waals surface area contributed by atoms with Crippen LogP contribution < -0.4 is 0 Å². The highest BCUT2D eigenvalue weighted by Crippen LogP contribution is 2.49. The topological polar surface area (TPSA) is 162 Å². The molecule has 0 N–H and O–H groups in total. The normalized spacial score (nSPS) is 27.0. The lowest BCUT2D eigenvalue weighted by Crippen LogP contribution is -2.56. The van der Waals surface area contributed by atoms with Gasteiger partial charge in [-0.2, -0.15) is 10.4 Å². The largest absolute Gasteiger partial charge is 0.508 e. The molecule has 226 valence electrons. The number of nitrogens with zero attached hydrogens (tertiary/aromatic N) is 7. The fourth-order valence-corrected chi connectivity index (χ4v) is 5.01. The number of hydrogen-bond acceptors (Lipinski definition) is 12. The van der Waals surface area contributed by atoms with Gasteiger partial charge in [-0.3, -0.25) is 0 Å². The summed E-state index contributed by atoms with van der Waals surface area (Å²) in [5, 5.41) is 14.9. The minimum atomic E-state index is -1.65. The van der Waals surface area contributed by atoms with E-state index in [0.29, 0.717) is 17.0 Å². The van der Waals surface area contributed by atoms with E-state index in [4.69, 9.17) is 28.4 Å². The van der Waals surface area contributed by atoms with Gasteiger partial charge in [-0.25, -0.2) is 24.1 Å². The number of aliphatic imine (C=N–C) groups is 1. The van der Waals surface area contributed by atoms with E-state index in [1.165, 1.54) is 15.7 Å². The lowest BCUT2D eigenvalue weighted by Gasteiger charge is -2.38. The molecule has 2 aromatic heterocycles. The lowest BCUT2D eigenvalue weighted by molar-refractivity contribution is -0.205. The van der Waals surface area contributed by atoms with E-state index in [0.717, 1.165) is 0 Å². The second kappa shape index (κ2) is 10.7. The van der Waals surface area contributed by atoms with Crippen molar-refractivity contribution in [1.29, 1.82) is 5.26 Å². The maximum atomic E-state index is 12.5. The van der Waals surface area contributed by atoms with Crippen molar-refractivity contribution in [2.45, 2.75) is 76.0 Å². The Morgan fingerprint density at radius 3 is 2.64 bits per heavy atom. The number of nitriles is 1. The predicted octanol–water partition coefficient (Wildman–Crippen LogP) is 2.36. The van der Waals surface area contributed by atoms with Crippen LogP contribution in [0.15, 0.2) is 23.5 Å². The van der Waals surface area contributed by atoms with Crippen LogP contribution in [0.1, 0.15) is 40.3 Å². The molecule has 3 fully saturated rings. The quantitative estimate of drug-likeness (QED) is 0.277. The first-order valence-corrected chi connectivity index (χ1v) is 13.5. The van der Waals surface area contributed by atoms with Crippen molar-refractivity contribution in [2.75, 3.05) is 33.8 Å². The molecule has 0 aromatic carbocycles. The monoisotopic (exact) mass is 585 g/mol. The van der Waals surface area contributed by atoms with Gasteiger partial charge in [0.05, 0.1) is 25.1 Å². The smallest absolute Gasteiger partial charge is 0.444 e. The molecular formula is C27H35N7O8. The van der Waals surface area contributed by atoms with Crippen molar-refractivity contribution in [3.05, 3.63) is 24.2 Å². The van der Waals surface area contributed by atoms with E-state index < -0.39 is 53.7 Å². The van der Waals surface area contributed by atoms with Gasteiger partial charge in [-0.15, -0.1) is 0 Å². The zero-order chi connectivity index (χ0) is 30.4. The second-order valence-electron chi connectivity index (χ2n) is 12.0. The third-order valence-corrected chi connectivity index (χ3v) is 6.75. The number of hydrogen-bond donors (Lipinski definition) is 0. The highest BCUT2D eigenvalue weighted by Gasteiger charge is 2.65. The summed E-state index contributed by atoms with van der Waals surface area (Å²) in [7, 11) is 3.68. The summed E-state index contributed by atoms with van der Waals surface area (Å²) >= 11 is 0. The van der Waals surface area contributed by atoms with E-state index in [9.17, 15) is 14.9 Å². The summed E-state index contributed by atoms with van der Waals surface area (Å²) in [4.78, 5) is 36.5. The Morgan fingerprint density at radius 2 is 1.98 bits per heavy atom. The molecule has 42 heavy (non-hydrogen) atoms. The Balaban J connectivity index is 1.29. The molecule has 0 bridgehead atoms. The van der Waals surface area contributed by atoms with Gasteiger partial charge >= 0.3 is 12.2 Å². The molecule has 2 aromatic rings. The number of carbonyl (C=O) groups excluding carboxylic acids is 2. The molecule has 0 unspecified atom stereocenters. The summed E-state index contributed by atoms with van der Waals surface area (Å²) in [5.41, 5.74) is -1.32. The van der Waals surface area contributed by atoms with E-state index in [1.54, 1.807) is 58.0 Å². The van der Waals surface area contributed by atoms with E-state index in [-0.39, 0.29) is 19.7 Å². The Morgan fingerprint density at radius 1 is 1.24 bits per heavy atom. The zero-order valence-corrected chi connectivity index (χ0v) is 24.6. The molecule has 4 atom stereocenters. The minimum absolute atomic E-state index is 0.195. The highest BCUT2D eigenvalue weighted by atomic mass is 16.8. The van der Waals surface area contributed by atoms with Crippen molar-refractivity contribution < 1.29 is 38.0 Å². The summed E-state index contributed by atoms with van der Waals surface area (Å²) < 4.78 is 36.1. The van der Waals surface area contributed by atoms with Gasteiger partial charge in [0.15, 0.2) is 11.6 Å². The second-order valence-corrected chi connectivity index (χ2v) is 12.0. The first-order chi connectivity index (χ1) is 19.7. The number of rotatable bonds is 6. The van der Waals surface area contributed by atoms with Crippen molar-refractivity contribution in [2.24, 2.45) is 4.99 Å². The summed E-state index contributed by atoms with van der Waals surface area (Å²) in [6.45, 7) is 8.93. The molecule has 0 aliphatic carbocycles. The Hall–Kier alpha value is -4.00. The third kappa shape index (κ3) is 5.69. The van der Waals surface area contributed by atoms with Crippen LogP contribution in [-0.4, -0.2) is 113 Å². The van der Waals surface area contributed by atoms with Crippen LogP contribution in [0, 0.1) is 11.3 Å². The van der Waals surface area contributed by atoms with Crippen molar-refractivity contribution in [1.82, 2.24) is 24.4 Å². The molecule has 15 nitrogen and oxygen atoms in total. The number of likely N-dealkylation sites (tertiary alicyclic amines) is 1. The molecule has 0 saturated carbocycles. The number of aromatic nitrogens is 3. The van der Waals surface area contributed by atoms with Crippen LogP contribution in [0.25, 0.3) is 5.52 Å². The fourth-order valence-electron chi connectivity index (χ4n) is 5.01. The van der Waals surface area contributed by atoms with Gasteiger partial charge in [-0.05, 0) is 46.8 Å². The number of amides is 1. The molecule has 5 heterocycles. The van der Waals surface area contributed by atoms with Gasteiger partial charge in [0.2, 0.25) is 5.60 Å². The Bertz CT molecular complexity index is 1420. The molecular weight excluding hydrogens is 550 g/mol. The Kier molecular flexibility index (Phi) is 7.50. The average Bonchev–Trinajstić information content (AvgIpc) is 3.52. The van der Waals surface area contributed by atoms with Crippen LogP contribution in [-0.2, 0) is 34.0 Å². The zero-order valence-electron chi connectivity index (χ0n) is 24.6. The van der Waals surface area contributed by atoms with Crippen molar-refractivity contribution in [3.63, 3.8) is 0 Å². The molecule has 0 radical (unpaired) electrons. The molecule has 3 saturated heterocycles. The van der Waals surface area contributed by atoms with Crippen LogP contribution in [0.3, 0.4) is 0 Å². The number of fused-ring (bicyclic) bond motifs is 2. The summed E-state index contributed by atoms with van der Waals surface area (Å²) in [6, 6.07) is 5.73. The van der Waals surface area contributed by atoms with E-state index >= 15 is 0 Å². The van der Waals surface area contributed by atoms with Crippen molar-refractivity contribution in [3.8, 4) is 6.07 Å². The van der Waals surface area contributed by atoms with Crippen LogP contribution in [0.2, 0.25) is 0 Å². The maximum absolute atomic E-state index is 12.5. The maximum Gasteiger partial charge on any atom is 0.508 e. The molecule has 15 heteroatoms. The lowest BCUT2D eigenvalue weighted by atomic mass is 9.92. The molecule has 1 amide bonds. The summed E-state index contributed by atoms with van der Waals surface area (Å²) in [5.74, 6) is -0.624. The first kappa shape index (κ1) is 29.5. The van der Waals surface area contributed by atoms with E-state index in [2.05, 4.69) is 21.1 Å². The van der Waals surface area contributed by atoms with Gasteiger partial charge in [-0.1, -0.05) is 0 Å². The van der Waals surface area contributed by atoms with Crippen molar-refractivity contribution >= 4 is 29.9 Å². The Labute approximate surface area is 242 Å². The minimum Gasteiger partial charge on any atom is -0.444 e. The van der Waals surface area contributed by atoms with Gasteiger partial charge in [0.1, 0.15) is 54.5 Å². The van der Waals surface area contributed by atoms with Gasteiger partial charge in [0.25, 0.3) is 0 Å². The average molecular weight is 586 g/mol. The number of ether oxygens (including phenoxy) is 6. The fraction of sp³-hybridized carbons (Fsp3) is 0.630.